The van der Waals surface area contributed by atoms with Gasteiger partial charge >= 0.3 is 0 Å². The molecule has 1 aliphatic heterocycles. The summed E-state index contributed by atoms with van der Waals surface area (Å²) in [5.41, 5.74) is 6.27. The van der Waals surface area contributed by atoms with E-state index in [2.05, 4.69) is 5.10 Å². The zero-order valence-corrected chi connectivity index (χ0v) is 6.94. The summed E-state index contributed by atoms with van der Waals surface area (Å²) in [5.74, 6) is 0.615. The topological polar surface area (TPSA) is 53.1 Å². The number of nitrogens with zero attached hydrogens (tertiary/aromatic N) is 2. The van der Waals surface area contributed by atoms with Gasteiger partial charge in [0.2, 0.25) is 0 Å². The SMILES string of the molecule is Nc1cnn(C[C@@H]2CCOC2)c1. The Labute approximate surface area is 71.3 Å². The van der Waals surface area contributed by atoms with Crippen LogP contribution in [0, 0.1) is 5.92 Å². The molecule has 4 heteroatoms. The van der Waals surface area contributed by atoms with Crippen molar-refractivity contribution in [3.8, 4) is 0 Å². The molecule has 0 aromatic carbocycles. The first-order valence-corrected chi connectivity index (χ1v) is 4.20. The molecular formula is C8H13N3O. The van der Waals surface area contributed by atoms with Crippen molar-refractivity contribution in [1.82, 2.24) is 9.78 Å². The van der Waals surface area contributed by atoms with Crippen molar-refractivity contribution in [3.63, 3.8) is 0 Å². The third-order valence-corrected chi connectivity index (χ3v) is 2.12. The molecule has 0 saturated carbocycles. The van der Waals surface area contributed by atoms with Gasteiger partial charge in [0.05, 0.1) is 18.5 Å². The molecule has 66 valence electrons. The lowest BCUT2D eigenvalue weighted by atomic mass is 10.1. The molecule has 2 N–H and O–H groups in total. The van der Waals surface area contributed by atoms with Gasteiger partial charge in [0.1, 0.15) is 0 Å². The minimum Gasteiger partial charge on any atom is -0.396 e. The average Bonchev–Trinajstić information content (AvgIpc) is 2.63. The first-order chi connectivity index (χ1) is 5.84. The fourth-order valence-corrected chi connectivity index (χ4v) is 1.47. The van der Waals surface area contributed by atoms with Crippen LogP contribution in [0.15, 0.2) is 12.4 Å². The largest absolute Gasteiger partial charge is 0.396 e. The van der Waals surface area contributed by atoms with E-state index < -0.39 is 0 Å². The molecule has 2 heterocycles. The predicted molar refractivity (Wildman–Crippen MR) is 45.6 cm³/mol. The second-order valence-electron chi connectivity index (χ2n) is 3.23. The molecule has 0 amide bonds. The Morgan fingerprint density at radius 2 is 2.67 bits per heavy atom. The second-order valence-corrected chi connectivity index (χ2v) is 3.23. The highest BCUT2D eigenvalue weighted by atomic mass is 16.5. The Morgan fingerprint density at radius 1 is 1.75 bits per heavy atom. The Hall–Kier alpha value is -1.03. The molecule has 4 nitrogen and oxygen atoms in total. The van der Waals surface area contributed by atoms with Gasteiger partial charge in [-0.2, -0.15) is 5.10 Å². The summed E-state index contributed by atoms with van der Waals surface area (Å²) in [7, 11) is 0. The fourth-order valence-electron chi connectivity index (χ4n) is 1.47. The summed E-state index contributed by atoms with van der Waals surface area (Å²) in [6, 6.07) is 0. The van der Waals surface area contributed by atoms with Gasteiger partial charge in [0.15, 0.2) is 0 Å². The van der Waals surface area contributed by atoms with Crippen LogP contribution < -0.4 is 5.73 Å². The minimum atomic E-state index is 0.615. The van der Waals surface area contributed by atoms with Crippen molar-refractivity contribution in [2.45, 2.75) is 13.0 Å². The molecule has 0 aliphatic carbocycles. The van der Waals surface area contributed by atoms with E-state index in [1.165, 1.54) is 0 Å². The van der Waals surface area contributed by atoms with Gasteiger partial charge < -0.3 is 10.5 Å². The van der Waals surface area contributed by atoms with E-state index in [1.807, 2.05) is 10.9 Å². The zero-order chi connectivity index (χ0) is 8.39. The lowest BCUT2D eigenvalue weighted by Gasteiger charge is -2.06. The van der Waals surface area contributed by atoms with Crippen molar-refractivity contribution >= 4 is 5.69 Å². The van der Waals surface area contributed by atoms with Gasteiger partial charge in [0.25, 0.3) is 0 Å². The third-order valence-electron chi connectivity index (χ3n) is 2.12. The van der Waals surface area contributed by atoms with Crippen molar-refractivity contribution in [2.24, 2.45) is 5.92 Å². The van der Waals surface area contributed by atoms with Gasteiger partial charge in [0, 0.05) is 25.3 Å². The Kier molecular flexibility index (Phi) is 1.99. The molecule has 1 aromatic heterocycles. The lowest BCUT2D eigenvalue weighted by molar-refractivity contribution is 0.181. The highest BCUT2D eigenvalue weighted by molar-refractivity contribution is 5.30. The van der Waals surface area contributed by atoms with Crippen molar-refractivity contribution in [3.05, 3.63) is 12.4 Å². The molecule has 0 bridgehead atoms. The minimum absolute atomic E-state index is 0.615. The summed E-state index contributed by atoms with van der Waals surface area (Å²) >= 11 is 0. The molecule has 1 saturated heterocycles. The van der Waals surface area contributed by atoms with Crippen LogP contribution in [0.3, 0.4) is 0 Å². The number of hydrogen-bond acceptors (Lipinski definition) is 3. The number of anilines is 1. The van der Waals surface area contributed by atoms with Crippen LogP contribution in [0.25, 0.3) is 0 Å². The smallest absolute Gasteiger partial charge is 0.0719 e. The summed E-state index contributed by atoms with van der Waals surface area (Å²) in [6.45, 7) is 2.68. The first-order valence-electron chi connectivity index (χ1n) is 4.20. The maximum atomic E-state index is 5.54. The quantitative estimate of drug-likeness (QED) is 0.698. The number of hydrogen-bond donors (Lipinski definition) is 1. The van der Waals surface area contributed by atoms with Crippen molar-refractivity contribution < 1.29 is 4.74 Å². The van der Waals surface area contributed by atoms with Crippen LogP contribution in [0.4, 0.5) is 5.69 Å². The summed E-state index contributed by atoms with van der Waals surface area (Å²) in [6.07, 6.45) is 4.67. The number of rotatable bonds is 2. The van der Waals surface area contributed by atoms with E-state index in [1.54, 1.807) is 6.20 Å². The summed E-state index contributed by atoms with van der Waals surface area (Å²) in [4.78, 5) is 0. The van der Waals surface area contributed by atoms with Crippen LogP contribution in [0.1, 0.15) is 6.42 Å². The first kappa shape index (κ1) is 7.61. The molecular weight excluding hydrogens is 154 g/mol. The number of aromatic nitrogens is 2. The van der Waals surface area contributed by atoms with E-state index in [0.29, 0.717) is 5.92 Å². The number of nitrogen functional groups attached to an aromatic ring is 1. The second kappa shape index (κ2) is 3.15. The maximum absolute atomic E-state index is 5.54. The van der Waals surface area contributed by atoms with Gasteiger partial charge in [-0.15, -0.1) is 0 Å². The highest BCUT2D eigenvalue weighted by Crippen LogP contribution is 2.14. The standard InChI is InChI=1S/C8H13N3O/c9-8-3-10-11(5-8)4-7-1-2-12-6-7/h3,5,7H,1-2,4,6,9H2/t7-/m0/s1. The molecule has 0 spiro atoms. The Morgan fingerprint density at radius 3 is 3.25 bits per heavy atom. The molecule has 0 unspecified atom stereocenters. The fraction of sp³-hybridized carbons (Fsp3) is 0.625. The van der Waals surface area contributed by atoms with E-state index >= 15 is 0 Å². The Balaban J connectivity index is 1.94. The summed E-state index contributed by atoms with van der Waals surface area (Å²) in [5, 5.41) is 4.12. The monoisotopic (exact) mass is 167 g/mol. The maximum Gasteiger partial charge on any atom is 0.0719 e. The molecule has 1 fully saturated rings. The van der Waals surface area contributed by atoms with E-state index in [9.17, 15) is 0 Å². The molecule has 1 aliphatic rings. The van der Waals surface area contributed by atoms with Gasteiger partial charge in [-0.1, -0.05) is 0 Å². The van der Waals surface area contributed by atoms with Crippen LogP contribution in [0.5, 0.6) is 0 Å². The van der Waals surface area contributed by atoms with Gasteiger partial charge in [-0.05, 0) is 6.42 Å². The molecule has 1 atom stereocenters. The summed E-state index contributed by atoms with van der Waals surface area (Å²) < 4.78 is 7.15. The van der Waals surface area contributed by atoms with Crippen LogP contribution in [-0.4, -0.2) is 23.0 Å². The number of ether oxygens (including phenoxy) is 1. The normalized spacial score (nSPS) is 23.2. The van der Waals surface area contributed by atoms with Gasteiger partial charge in [-0.25, -0.2) is 0 Å². The van der Waals surface area contributed by atoms with Gasteiger partial charge in [-0.3, -0.25) is 4.68 Å². The van der Waals surface area contributed by atoms with Crippen molar-refractivity contribution in [1.29, 1.82) is 0 Å². The van der Waals surface area contributed by atoms with E-state index in [4.69, 9.17) is 10.5 Å². The van der Waals surface area contributed by atoms with E-state index in [0.717, 1.165) is 31.9 Å². The molecule has 12 heavy (non-hydrogen) atoms. The average molecular weight is 167 g/mol. The zero-order valence-electron chi connectivity index (χ0n) is 6.94. The number of nitrogens with two attached hydrogens (primary N) is 1. The van der Waals surface area contributed by atoms with E-state index in [-0.39, 0.29) is 0 Å². The van der Waals surface area contributed by atoms with Crippen molar-refractivity contribution in [2.75, 3.05) is 18.9 Å². The molecule has 1 aromatic rings. The van der Waals surface area contributed by atoms with Crippen LogP contribution in [-0.2, 0) is 11.3 Å². The molecule has 0 radical (unpaired) electrons. The molecule has 2 rings (SSSR count). The lowest BCUT2D eigenvalue weighted by Crippen LogP contribution is -2.10. The van der Waals surface area contributed by atoms with Crippen LogP contribution >= 0.6 is 0 Å². The van der Waals surface area contributed by atoms with Crippen LogP contribution in [0.2, 0.25) is 0 Å². The Bertz CT molecular complexity index is 253. The predicted octanol–water partition coefficient (Wildman–Crippen LogP) is 0.502. The highest BCUT2D eigenvalue weighted by Gasteiger charge is 2.15. The third kappa shape index (κ3) is 1.58.